The molecule has 3 rings (SSSR count). The van der Waals surface area contributed by atoms with Gasteiger partial charge >= 0.3 is 0 Å². The molecule has 6 heteroatoms. The van der Waals surface area contributed by atoms with Crippen LogP contribution in [0.2, 0.25) is 0 Å². The minimum absolute atomic E-state index is 0.270. The Hall–Kier alpha value is -1.79. The van der Waals surface area contributed by atoms with Crippen molar-refractivity contribution in [2.45, 2.75) is 25.9 Å². The van der Waals surface area contributed by atoms with E-state index in [4.69, 9.17) is 4.52 Å². The second kappa shape index (κ2) is 6.32. The molecule has 1 fully saturated rings. The molecule has 1 atom stereocenters. The maximum absolute atomic E-state index is 12.9. The summed E-state index contributed by atoms with van der Waals surface area (Å²) < 4.78 is 18.2. The lowest BCUT2D eigenvalue weighted by molar-refractivity contribution is 0.183. The molecule has 2 heterocycles. The standard InChI is InChI=1S/C15H19FN4O/c1-2-20(13-7-8-17-9-13)10-14-18-15(19-21-14)11-3-5-12(16)6-4-11/h3-6,13,17H,2,7-10H2,1H3. The summed E-state index contributed by atoms with van der Waals surface area (Å²) in [5.74, 6) is 0.835. The van der Waals surface area contributed by atoms with E-state index in [-0.39, 0.29) is 5.82 Å². The van der Waals surface area contributed by atoms with Gasteiger partial charge in [-0.15, -0.1) is 0 Å². The summed E-state index contributed by atoms with van der Waals surface area (Å²) >= 11 is 0. The quantitative estimate of drug-likeness (QED) is 0.913. The predicted octanol–water partition coefficient (Wildman–Crippen LogP) is 2.06. The summed E-state index contributed by atoms with van der Waals surface area (Å²) in [6, 6.07) is 6.63. The maximum atomic E-state index is 12.9. The van der Waals surface area contributed by atoms with Crippen LogP contribution in [0.1, 0.15) is 19.2 Å². The maximum Gasteiger partial charge on any atom is 0.241 e. The number of aromatic nitrogens is 2. The molecule has 1 N–H and O–H groups in total. The van der Waals surface area contributed by atoms with Crippen LogP contribution in [-0.4, -0.2) is 40.7 Å². The normalized spacial score (nSPS) is 18.5. The van der Waals surface area contributed by atoms with Crippen LogP contribution in [0.15, 0.2) is 28.8 Å². The molecule has 0 radical (unpaired) electrons. The van der Waals surface area contributed by atoms with Gasteiger partial charge < -0.3 is 9.84 Å². The van der Waals surface area contributed by atoms with Crippen LogP contribution in [0.25, 0.3) is 11.4 Å². The number of likely N-dealkylation sites (N-methyl/N-ethyl adjacent to an activating group) is 1. The molecule has 112 valence electrons. The fourth-order valence-electron chi connectivity index (χ4n) is 2.66. The molecule has 0 bridgehead atoms. The Bertz CT molecular complexity index is 578. The molecule has 0 spiro atoms. The average molecular weight is 290 g/mol. The number of halogens is 1. The van der Waals surface area contributed by atoms with Gasteiger partial charge in [-0.1, -0.05) is 12.1 Å². The lowest BCUT2D eigenvalue weighted by Crippen LogP contribution is -2.36. The number of nitrogens with one attached hydrogen (secondary N) is 1. The van der Waals surface area contributed by atoms with Crippen LogP contribution in [-0.2, 0) is 6.54 Å². The molecule has 0 amide bonds. The van der Waals surface area contributed by atoms with Gasteiger partial charge in [0.1, 0.15) is 5.82 Å². The first-order chi connectivity index (χ1) is 10.3. The van der Waals surface area contributed by atoms with Crippen molar-refractivity contribution in [2.75, 3.05) is 19.6 Å². The van der Waals surface area contributed by atoms with E-state index in [2.05, 4.69) is 27.3 Å². The van der Waals surface area contributed by atoms with E-state index >= 15 is 0 Å². The van der Waals surface area contributed by atoms with Crippen LogP contribution in [0.4, 0.5) is 4.39 Å². The van der Waals surface area contributed by atoms with E-state index in [0.29, 0.717) is 24.3 Å². The van der Waals surface area contributed by atoms with E-state index in [1.807, 2.05) is 0 Å². The highest BCUT2D eigenvalue weighted by Gasteiger charge is 2.23. The smallest absolute Gasteiger partial charge is 0.241 e. The first-order valence-electron chi connectivity index (χ1n) is 7.29. The van der Waals surface area contributed by atoms with Crippen molar-refractivity contribution in [2.24, 2.45) is 0 Å². The summed E-state index contributed by atoms with van der Waals surface area (Å²) in [6.45, 7) is 5.80. The van der Waals surface area contributed by atoms with Crippen LogP contribution in [0.3, 0.4) is 0 Å². The number of hydrogen-bond acceptors (Lipinski definition) is 5. The fraction of sp³-hybridized carbons (Fsp3) is 0.467. The van der Waals surface area contributed by atoms with Crippen molar-refractivity contribution in [3.05, 3.63) is 36.0 Å². The van der Waals surface area contributed by atoms with Gasteiger partial charge in [0, 0.05) is 18.2 Å². The molecule has 1 aromatic heterocycles. The van der Waals surface area contributed by atoms with Gasteiger partial charge in [0.25, 0.3) is 0 Å². The molecule has 1 aliphatic heterocycles. The van der Waals surface area contributed by atoms with E-state index < -0.39 is 0 Å². The van der Waals surface area contributed by atoms with Crippen molar-refractivity contribution in [1.82, 2.24) is 20.4 Å². The largest absolute Gasteiger partial charge is 0.338 e. The van der Waals surface area contributed by atoms with Gasteiger partial charge in [0.05, 0.1) is 6.54 Å². The van der Waals surface area contributed by atoms with Gasteiger partial charge in [-0.3, -0.25) is 4.90 Å². The van der Waals surface area contributed by atoms with Crippen molar-refractivity contribution in [3.63, 3.8) is 0 Å². The van der Waals surface area contributed by atoms with Gasteiger partial charge in [-0.25, -0.2) is 4.39 Å². The number of hydrogen-bond donors (Lipinski definition) is 1. The molecular weight excluding hydrogens is 271 g/mol. The zero-order valence-electron chi connectivity index (χ0n) is 12.1. The highest BCUT2D eigenvalue weighted by atomic mass is 19.1. The third kappa shape index (κ3) is 3.28. The third-order valence-corrected chi connectivity index (χ3v) is 3.87. The van der Waals surface area contributed by atoms with Crippen molar-refractivity contribution < 1.29 is 8.91 Å². The van der Waals surface area contributed by atoms with Crippen molar-refractivity contribution >= 4 is 0 Å². The molecule has 1 aromatic carbocycles. The Kier molecular flexibility index (Phi) is 4.26. The molecule has 0 saturated carbocycles. The highest BCUT2D eigenvalue weighted by Crippen LogP contribution is 2.18. The predicted molar refractivity (Wildman–Crippen MR) is 77.1 cm³/mol. The molecule has 5 nitrogen and oxygen atoms in total. The topological polar surface area (TPSA) is 54.2 Å². The lowest BCUT2D eigenvalue weighted by Gasteiger charge is -2.24. The number of benzene rings is 1. The van der Waals surface area contributed by atoms with Gasteiger partial charge in [-0.2, -0.15) is 4.98 Å². The Morgan fingerprint density at radius 3 is 2.86 bits per heavy atom. The number of nitrogens with zero attached hydrogens (tertiary/aromatic N) is 3. The third-order valence-electron chi connectivity index (χ3n) is 3.87. The van der Waals surface area contributed by atoms with Gasteiger partial charge in [-0.05, 0) is 43.8 Å². The summed E-state index contributed by atoms with van der Waals surface area (Å²) in [7, 11) is 0. The zero-order valence-corrected chi connectivity index (χ0v) is 12.1. The van der Waals surface area contributed by atoms with Crippen molar-refractivity contribution in [3.8, 4) is 11.4 Å². The van der Waals surface area contributed by atoms with Crippen LogP contribution in [0.5, 0.6) is 0 Å². The van der Waals surface area contributed by atoms with E-state index in [0.717, 1.165) is 31.6 Å². The van der Waals surface area contributed by atoms with E-state index in [1.54, 1.807) is 12.1 Å². The molecule has 0 aliphatic carbocycles. The van der Waals surface area contributed by atoms with Gasteiger partial charge in [0.2, 0.25) is 11.7 Å². The Morgan fingerprint density at radius 2 is 2.19 bits per heavy atom. The SMILES string of the molecule is CCN(Cc1nc(-c2ccc(F)cc2)no1)C1CCNC1. The van der Waals surface area contributed by atoms with E-state index in [1.165, 1.54) is 12.1 Å². The van der Waals surface area contributed by atoms with Crippen LogP contribution in [0, 0.1) is 5.82 Å². The zero-order chi connectivity index (χ0) is 14.7. The lowest BCUT2D eigenvalue weighted by atomic mass is 10.2. The second-order valence-electron chi connectivity index (χ2n) is 5.23. The second-order valence-corrected chi connectivity index (χ2v) is 5.23. The molecule has 1 saturated heterocycles. The first kappa shape index (κ1) is 14.2. The Morgan fingerprint density at radius 1 is 1.38 bits per heavy atom. The minimum atomic E-state index is -0.270. The number of rotatable bonds is 5. The highest BCUT2D eigenvalue weighted by molar-refractivity contribution is 5.53. The van der Waals surface area contributed by atoms with E-state index in [9.17, 15) is 4.39 Å². The minimum Gasteiger partial charge on any atom is -0.338 e. The Balaban J connectivity index is 1.70. The molecule has 1 aliphatic rings. The summed E-state index contributed by atoms with van der Waals surface area (Å²) in [5, 5.41) is 7.34. The Labute approximate surface area is 123 Å². The summed E-state index contributed by atoms with van der Waals surface area (Å²) in [4.78, 5) is 6.74. The van der Waals surface area contributed by atoms with Crippen LogP contribution < -0.4 is 5.32 Å². The summed E-state index contributed by atoms with van der Waals surface area (Å²) in [6.07, 6.45) is 1.15. The molecule has 21 heavy (non-hydrogen) atoms. The first-order valence-corrected chi connectivity index (χ1v) is 7.29. The molecule has 1 unspecified atom stereocenters. The van der Waals surface area contributed by atoms with Crippen LogP contribution >= 0.6 is 0 Å². The van der Waals surface area contributed by atoms with Gasteiger partial charge in [0.15, 0.2) is 0 Å². The molecular formula is C15H19FN4O. The monoisotopic (exact) mass is 290 g/mol. The summed E-state index contributed by atoms with van der Waals surface area (Å²) in [5.41, 5.74) is 0.761. The molecule has 2 aromatic rings. The fourth-order valence-corrected chi connectivity index (χ4v) is 2.66. The van der Waals surface area contributed by atoms with Crippen molar-refractivity contribution in [1.29, 1.82) is 0 Å². The average Bonchev–Trinajstić information content (AvgIpc) is 3.17.